The van der Waals surface area contributed by atoms with Gasteiger partial charge in [0.15, 0.2) is 0 Å². The number of hydrogen-bond acceptors (Lipinski definition) is 4. The van der Waals surface area contributed by atoms with Gasteiger partial charge in [-0.25, -0.2) is 4.98 Å². The highest BCUT2D eigenvalue weighted by Gasteiger charge is 2.16. The first-order chi connectivity index (χ1) is 6.81. The van der Waals surface area contributed by atoms with Gasteiger partial charge in [-0.15, -0.1) is 0 Å². The molecule has 2 heterocycles. The Kier molecular flexibility index (Phi) is 2.86. The molecule has 0 saturated carbocycles. The predicted molar refractivity (Wildman–Crippen MR) is 60.7 cm³/mol. The molecule has 0 spiro atoms. The minimum Gasteiger partial charge on any atom is -0.357 e. The number of anilines is 2. The average molecular weight is 257 g/mol. The molecule has 1 aliphatic heterocycles. The predicted octanol–water partition coefficient (Wildman–Crippen LogP) is 1.88. The van der Waals surface area contributed by atoms with Gasteiger partial charge in [-0.3, -0.25) is 0 Å². The second-order valence-corrected chi connectivity index (χ2v) is 4.16. The third-order valence-electron chi connectivity index (χ3n) is 2.35. The summed E-state index contributed by atoms with van der Waals surface area (Å²) in [4.78, 5) is 10.8. The maximum absolute atomic E-state index is 4.43. The van der Waals surface area contributed by atoms with Gasteiger partial charge in [0.05, 0.1) is 4.47 Å². The highest BCUT2D eigenvalue weighted by atomic mass is 79.9. The van der Waals surface area contributed by atoms with Gasteiger partial charge in [0, 0.05) is 26.3 Å². The van der Waals surface area contributed by atoms with Crippen molar-refractivity contribution in [2.75, 3.05) is 30.4 Å². The van der Waals surface area contributed by atoms with Crippen molar-refractivity contribution in [3.8, 4) is 0 Å². The zero-order chi connectivity index (χ0) is 9.97. The van der Waals surface area contributed by atoms with E-state index in [1.807, 2.05) is 7.05 Å². The van der Waals surface area contributed by atoms with Gasteiger partial charge in [-0.05, 0) is 28.8 Å². The molecule has 76 valence electrons. The van der Waals surface area contributed by atoms with Crippen LogP contribution in [-0.4, -0.2) is 30.1 Å². The van der Waals surface area contributed by atoms with Gasteiger partial charge >= 0.3 is 0 Å². The van der Waals surface area contributed by atoms with Crippen molar-refractivity contribution in [3.63, 3.8) is 0 Å². The zero-order valence-electron chi connectivity index (χ0n) is 8.13. The number of aromatic nitrogens is 2. The molecule has 1 fully saturated rings. The smallest absolute Gasteiger partial charge is 0.224 e. The molecular formula is C9H13BrN4. The highest BCUT2D eigenvalue weighted by molar-refractivity contribution is 9.10. The van der Waals surface area contributed by atoms with Crippen LogP contribution in [0.25, 0.3) is 0 Å². The molecule has 5 heteroatoms. The minimum atomic E-state index is 0.676. The van der Waals surface area contributed by atoms with Crippen LogP contribution in [0.4, 0.5) is 11.8 Å². The standard InChI is InChI=1S/C9H13BrN4/c1-11-9-12-6-7(10)8(13-9)14-4-2-3-5-14/h6H,2-5H2,1H3,(H,11,12,13). The van der Waals surface area contributed by atoms with E-state index in [1.54, 1.807) is 6.20 Å². The van der Waals surface area contributed by atoms with Crippen LogP contribution in [0.2, 0.25) is 0 Å². The molecule has 0 aromatic carbocycles. The summed E-state index contributed by atoms with van der Waals surface area (Å²) in [5.41, 5.74) is 0. The molecule has 0 bridgehead atoms. The molecule has 1 aromatic rings. The second kappa shape index (κ2) is 4.13. The summed E-state index contributed by atoms with van der Waals surface area (Å²) < 4.78 is 0.971. The Morgan fingerprint density at radius 2 is 2.14 bits per heavy atom. The number of halogens is 1. The molecule has 0 amide bonds. The van der Waals surface area contributed by atoms with E-state index in [0.29, 0.717) is 5.95 Å². The normalized spacial score (nSPS) is 16.0. The van der Waals surface area contributed by atoms with Crippen molar-refractivity contribution in [1.82, 2.24) is 9.97 Å². The lowest BCUT2D eigenvalue weighted by Crippen LogP contribution is -2.20. The van der Waals surface area contributed by atoms with Crippen LogP contribution in [0.15, 0.2) is 10.7 Å². The van der Waals surface area contributed by atoms with Crippen molar-refractivity contribution in [1.29, 1.82) is 0 Å². The molecule has 0 radical (unpaired) electrons. The summed E-state index contributed by atoms with van der Waals surface area (Å²) in [5.74, 6) is 1.68. The Labute approximate surface area is 91.9 Å². The molecule has 1 aromatic heterocycles. The van der Waals surface area contributed by atoms with Crippen molar-refractivity contribution in [2.24, 2.45) is 0 Å². The van der Waals surface area contributed by atoms with Gasteiger partial charge < -0.3 is 10.2 Å². The molecule has 0 aliphatic carbocycles. The lowest BCUT2D eigenvalue weighted by atomic mass is 10.4. The van der Waals surface area contributed by atoms with Gasteiger partial charge in [-0.2, -0.15) is 4.98 Å². The molecule has 2 rings (SSSR count). The summed E-state index contributed by atoms with van der Waals surface area (Å²) in [5, 5.41) is 2.95. The molecule has 1 aliphatic rings. The molecule has 1 N–H and O–H groups in total. The largest absolute Gasteiger partial charge is 0.357 e. The number of rotatable bonds is 2. The van der Waals surface area contributed by atoms with E-state index < -0.39 is 0 Å². The Hall–Kier alpha value is -0.840. The first kappa shape index (κ1) is 9.71. The molecule has 0 unspecified atom stereocenters. The van der Waals surface area contributed by atoms with Crippen LogP contribution in [0.3, 0.4) is 0 Å². The summed E-state index contributed by atoms with van der Waals surface area (Å²) in [7, 11) is 1.83. The van der Waals surface area contributed by atoms with E-state index >= 15 is 0 Å². The van der Waals surface area contributed by atoms with E-state index in [1.165, 1.54) is 12.8 Å². The molecule has 1 saturated heterocycles. The fourth-order valence-corrected chi connectivity index (χ4v) is 2.07. The highest BCUT2D eigenvalue weighted by Crippen LogP contribution is 2.26. The zero-order valence-corrected chi connectivity index (χ0v) is 9.71. The van der Waals surface area contributed by atoms with Crippen molar-refractivity contribution in [2.45, 2.75) is 12.8 Å². The van der Waals surface area contributed by atoms with Gasteiger partial charge in [0.25, 0.3) is 0 Å². The lowest BCUT2D eigenvalue weighted by molar-refractivity contribution is 0.922. The quantitative estimate of drug-likeness (QED) is 0.878. The van der Waals surface area contributed by atoms with Crippen LogP contribution in [0, 0.1) is 0 Å². The van der Waals surface area contributed by atoms with E-state index in [0.717, 1.165) is 23.4 Å². The Morgan fingerprint density at radius 1 is 1.43 bits per heavy atom. The van der Waals surface area contributed by atoms with Crippen LogP contribution >= 0.6 is 15.9 Å². The summed E-state index contributed by atoms with van der Waals surface area (Å²) in [6.45, 7) is 2.19. The Bertz CT molecular complexity index is 323. The van der Waals surface area contributed by atoms with Gasteiger partial charge in [0.1, 0.15) is 5.82 Å². The SMILES string of the molecule is CNc1ncc(Br)c(N2CCCC2)n1. The van der Waals surface area contributed by atoms with Gasteiger partial charge in [-0.1, -0.05) is 0 Å². The van der Waals surface area contributed by atoms with Crippen molar-refractivity contribution >= 4 is 27.7 Å². The van der Waals surface area contributed by atoms with Crippen molar-refractivity contribution in [3.05, 3.63) is 10.7 Å². The average Bonchev–Trinajstić information content (AvgIpc) is 2.71. The Morgan fingerprint density at radius 3 is 2.79 bits per heavy atom. The maximum Gasteiger partial charge on any atom is 0.224 e. The first-order valence-corrected chi connectivity index (χ1v) is 5.56. The van der Waals surface area contributed by atoms with E-state index in [-0.39, 0.29) is 0 Å². The van der Waals surface area contributed by atoms with Crippen LogP contribution in [0.1, 0.15) is 12.8 Å². The molecule has 4 nitrogen and oxygen atoms in total. The lowest BCUT2D eigenvalue weighted by Gasteiger charge is -2.17. The number of nitrogens with one attached hydrogen (secondary N) is 1. The summed E-state index contributed by atoms with van der Waals surface area (Å²) in [6, 6.07) is 0. The summed E-state index contributed by atoms with van der Waals surface area (Å²) >= 11 is 3.48. The number of hydrogen-bond donors (Lipinski definition) is 1. The fraction of sp³-hybridized carbons (Fsp3) is 0.556. The molecular weight excluding hydrogens is 244 g/mol. The van der Waals surface area contributed by atoms with E-state index in [9.17, 15) is 0 Å². The van der Waals surface area contributed by atoms with Crippen LogP contribution < -0.4 is 10.2 Å². The van der Waals surface area contributed by atoms with Crippen LogP contribution in [0.5, 0.6) is 0 Å². The van der Waals surface area contributed by atoms with E-state index in [4.69, 9.17) is 0 Å². The maximum atomic E-state index is 4.43. The monoisotopic (exact) mass is 256 g/mol. The fourth-order valence-electron chi connectivity index (χ4n) is 1.63. The summed E-state index contributed by atoms with van der Waals surface area (Å²) in [6.07, 6.45) is 4.31. The third kappa shape index (κ3) is 1.82. The van der Waals surface area contributed by atoms with Gasteiger partial charge in [0.2, 0.25) is 5.95 Å². The number of nitrogens with zero attached hydrogens (tertiary/aromatic N) is 3. The molecule has 0 atom stereocenters. The van der Waals surface area contributed by atoms with E-state index in [2.05, 4.69) is 36.1 Å². The van der Waals surface area contributed by atoms with Crippen LogP contribution in [-0.2, 0) is 0 Å². The second-order valence-electron chi connectivity index (χ2n) is 3.31. The minimum absolute atomic E-state index is 0.676. The Balaban J connectivity index is 2.29. The van der Waals surface area contributed by atoms with Crippen molar-refractivity contribution < 1.29 is 0 Å². The third-order valence-corrected chi connectivity index (χ3v) is 2.91. The topological polar surface area (TPSA) is 41.1 Å². The molecule has 14 heavy (non-hydrogen) atoms. The first-order valence-electron chi connectivity index (χ1n) is 4.76.